The van der Waals surface area contributed by atoms with Crippen molar-refractivity contribution in [3.05, 3.63) is 70.8 Å². The number of para-hydroxylation sites is 2. The molecule has 0 saturated carbocycles. The monoisotopic (exact) mass is 429 g/mol. The summed E-state index contributed by atoms with van der Waals surface area (Å²) in [5.74, 6) is 0.791. The predicted octanol–water partition coefficient (Wildman–Crippen LogP) is 3.39. The number of hydrogen-bond acceptors (Lipinski definition) is 6. The van der Waals surface area contributed by atoms with E-state index in [1.54, 1.807) is 25.1 Å². The molecule has 8 nitrogen and oxygen atoms in total. The van der Waals surface area contributed by atoms with E-state index in [-0.39, 0.29) is 5.56 Å². The Kier molecular flexibility index (Phi) is 5.28. The molecule has 8 heteroatoms. The van der Waals surface area contributed by atoms with E-state index in [0.29, 0.717) is 41.9 Å². The first kappa shape index (κ1) is 20.1. The van der Waals surface area contributed by atoms with Crippen LogP contribution >= 0.6 is 0 Å². The fourth-order valence-electron chi connectivity index (χ4n) is 3.94. The normalized spacial score (nSPS) is 11.6. The highest BCUT2D eigenvalue weighted by Gasteiger charge is 2.20. The molecule has 0 saturated heterocycles. The van der Waals surface area contributed by atoms with E-state index in [0.717, 1.165) is 28.8 Å². The zero-order valence-corrected chi connectivity index (χ0v) is 18.0. The summed E-state index contributed by atoms with van der Waals surface area (Å²) in [7, 11) is 3.29. The Morgan fingerprint density at radius 3 is 2.41 bits per heavy atom. The molecule has 32 heavy (non-hydrogen) atoms. The second kappa shape index (κ2) is 8.39. The number of rotatable bonds is 7. The van der Waals surface area contributed by atoms with Gasteiger partial charge >= 0.3 is 0 Å². The van der Waals surface area contributed by atoms with Gasteiger partial charge in [-0.25, -0.2) is 15.0 Å². The van der Waals surface area contributed by atoms with Gasteiger partial charge in [-0.05, 0) is 36.2 Å². The molecule has 0 aliphatic carbocycles. The highest BCUT2D eigenvalue weighted by atomic mass is 16.5. The van der Waals surface area contributed by atoms with Crippen LogP contribution in [-0.2, 0) is 17.8 Å². The summed E-state index contributed by atoms with van der Waals surface area (Å²) in [6, 6.07) is 15.5. The third-order valence-electron chi connectivity index (χ3n) is 5.57. The van der Waals surface area contributed by atoms with E-state index in [4.69, 9.17) is 19.4 Å². The Morgan fingerprint density at radius 2 is 1.69 bits per heavy atom. The van der Waals surface area contributed by atoms with Crippen molar-refractivity contribution in [3.63, 3.8) is 0 Å². The summed E-state index contributed by atoms with van der Waals surface area (Å²) >= 11 is 0. The zero-order chi connectivity index (χ0) is 22.1. The van der Waals surface area contributed by atoms with Crippen molar-refractivity contribution in [2.24, 2.45) is 0 Å². The lowest BCUT2D eigenvalue weighted by Crippen LogP contribution is -2.21. The smallest absolute Gasteiger partial charge is 0.265 e. The molecule has 0 aliphatic heterocycles. The Morgan fingerprint density at radius 1 is 0.938 bits per heavy atom. The largest absolute Gasteiger partial charge is 0.497 e. The molecule has 0 spiro atoms. The molecule has 0 amide bonds. The number of aryl methyl sites for hydroxylation is 1. The van der Waals surface area contributed by atoms with Crippen LogP contribution < -0.4 is 10.3 Å². The third-order valence-corrected chi connectivity index (χ3v) is 5.57. The van der Waals surface area contributed by atoms with Crippen molar-refractivity contribution in [1.82, 2.24) is 24.1 Å². The fourth-order valence-corrected chi connectivity index (χ4v) is 3.94. The van der Waals surface area contributed by atoms with Crippen LogP contribution in [0.1, 0.15) is 12.0 Å². The highest BCUT2D eigenvalue weighted by molar-refractivity contribution is 6.04. The molecule has 0 radical (unpaired) electrons. The van der Waals surface area contributed by atoms with Crippen LogP contribution in [0.3, 0.4) is 0 Å². The summed E-state index contributed by atoms with van der Waals surface area (Å²) < 4.78 is 14.0. The summed E-state index contributed by atoms with van der Waals surface area (Å²) in [4.78, 5) is 27.7. The summed E-state index contributed by atoms with van der Waals surface area (Å²) in [6.45, 7) is 1.62. The molecular weight excluding hydrogens is 406 g/mol. The number of benzene rings is 2. The lowest BCUT2D eigenvalue weighted by atomic mass is 10.2. The number of ether oxygens (including phenoxy) is 2. The summed E-state index contributed by atoms with van der Waals surface area (Å²) in [6.07, 6.45) is 2.33. The van der Waals surface area contributed by atoms with Crippen LogP contribution in [0.5, 0.6) is 5.75 Å². The summed E-state index contributed by atoms with van der Waals surface area (Å²) in [5, 5.41) is 0.492. The molecule has 2 aromatic carbocycles. The van der Waals surface area contributed by atoms with Crippen molar-refractivity contribution in [1.29, 1.82) is 0 Å². The molecule has 0 bridgehead atoms. The second-order valence-corrected chi connectivity index (χ2v) is 7.61. The van der Waals surface area contributed by atoms with E-state index in [1.807, 2.05) is 53.1 Å². The van der Waals surface area contributed by atoms with Gasteiger partial charge in [-0.15, -0.1) is 0 Å². The number of methoxy groups -OCH3 is 2. The molecule has 5 aromatic rings. The minimum absolute atomic E-state index is 0.117. The molecule has 3 aromatic heterocycles. The van der Waals surface area contributed by atoms with Gasteiger partial charge in [0.05, 0.1) is 31.0 Å². The molecular formula is C24H23N5O3. The maximum atomic E-state index is 13.4. The van der Waals surface area contributed by atoms with Crippen molar-refractivity contribution in [3.8, 4) is 5.75 Å². The third kappa shape index (κ3) is 3.48. The van der Waals surface area contributed by atoms with Gasteiger partial charge in [0.2, 0.25) is 0 Å². The average molecular weight is 429 g/mol. The molecule has 162 valence electrons. The first-order valence-corrected chi connectivity index (χ1v) is 10.5. The number of nitrogens with zero attached hydrogens (tertiary/aromatic N) is 5. The molecule has 0 aliphatic rings. The van der Waals surface area contributed by atoms with Gasteiger partial charge < -0.3 is 14.0 Å². The Bertz CT molecular complexity index is 1470. The lowest BCUT2D eigenvalue weighted by Gasteiger charge is -2.08. The second-order valence-electron chi connectivity index (χ2n) is 7.61. The van der Waals surface area contributed by atoms with Crippen LogP contribution in [0.4, 0.5) is 0 Å². The molecule has 3 heterocycles. The first-order valence-electron chi connectivity index (χ1n) is 10.5. The van der Waals surface area contributed by atoms with Crippen molar-refractivity contribution >= 4 is 33.2 Å². The molecule has 0 atom stereocenters. The van der Waals surface area contributed by atoms with Gasteiger partial charge in [0.15, 0.2) is 11.3 Å². The van der Waals surface area contributed by atoms with Gasteiger partial charge in [-0.3, -0.25) is 9.36 Å². The van der Waals surface area contributed by atoms with E-state index in [1.165, 1.54) is 0 Å². The quantitative estimate of drug-likeness (QED) is 0.369. The van der Waals surface area contributed by atoms with Crippen molar-refractivity contribution < 1.29 is 9.47 Å². The Hall–Kier alpha value is -3.78. The van der Waals surface area contributed by atoms with Crippen LogP contribution in [-0.4, -0.2) is 44.9 Å². The van der Waals surface area contributed by atoms with E-state index >= 15 is 0 Å². The van der Waals surface area contributed by atoms with Crippen LogP contribution in [0.25, 0.3) is 33.2 Å². The first-order chi connectivity index (χ1) is 15.7. The molecule has 0 unspecified atom stereocenters. The van der Waals surface area contributed by atoms with E-state index in [9.17, 15) is 4.79 Å². The number of aromatic nitrogens is 5. The Balaban J connectivity index is 1.73. The van der Waals surface area contributed by atoms with Crippen LogP contribution in [0.2, 0.25) is 0 Å². The minimum atomic E-state index is -0.117. The topological polar surface area (TPSA) is 84.1 Å². The van der Waals surface area contributed by atoms with E-state index < -0.39 is 0 Å². The van der Waals surface area contributed by atoms with Gasteiger partial charge in [0.25, 0.3) is 5.56 Å². The van der Waals surface area contributed by atoms with Gasteiger partial charge in [-0.1, -0.05) is 24.3 Å². The summed E-state index contributed by atoms with van der Waals surface area (Å²) in [5.41, 5.74) is 4.26. The average Bonchev–Trinajstić information content (AvgIpc) is 3.12. The minimum Gasteiger partial charge on any atom is -0.497 e. The van der Waals surface area contributed by atoms with E-state index in [2.05, 4.69) is 4.98 Å². The molecule has 5 rings (SSSR count). The van der Waals surface area contributed by atoms with Crippen molar-refractivity contribution in [2.45, 2.75) is 19.5 Å². The fraction of sp³-hybridized carbons (Fsp3) is 0.250. The SMILES string of the molecule is COCCCn1cnc2c(c1=O)c1nc3ccccc3nc1n2Cc1ccc(OC)cc1. The maximum Gasteiger partial charge on any atom is 0.265 e. The number of hydrogen-bond donors (Lipinski definition) is 0. The maximum absolute atomic E-state index is 13.4. The molecule has 0 fully saturated rings. The zero-order valence-electron chi connectivity index (χ0n) is 18.0. The van der Waals surface area contributed by atoms with Gasteiger partial charge in [0.1, 0.15) is 16.7 Å². The lowest BCUT2D eigenvalue weighted by molar-refractivity contribution is 0.190. The highest BCUT2D eigenvalue weighted by Crippen LogP contribution is 2.26. The molecule has 0 N–H and O–H groups in total. The van der Waals surface area contributed by atoms with Crippen molar-refractivity contribution in [2.75, 3.05) is 20.8 Å². The number of fused-ring (bicyclic) bond motifs is 4. The van der Waals surface area contributed by atoms with Gasteiger partial charge in [0, 0.05) is 20.3 Å². The van der Waals surface area contributed by atoms with Crippen LogP contribution in [0.15, 0.2) is 59.7 Å². The Labute approximate surface area is 184 Å². The predicted molar refractivity (Wildman–Crippen MR) is 123 cm³/mol. The van der Waals surface area contributed by atoms with Gasteiger partial charge in [-0.2, -0.15) is 0 Å². The standard InChI is InChI=1S/C24H23N5O3/c1-31-13-5-12-28-15-25-22-20(24(28)30)21-23(27-19-7-4-3-6-18(19)26-21)29(22)14-16-8-10-17(32-2)11-9-16/h3-4,6-11,15H,5,12-14H2,1-2H3. The van der Waals surface area contributed by atoms with Crippen LogP contribution in [0, 0.1) is 0 Å².